The predicted octanol–water partition coefficient (Wildman–Crippen LogP) is 2.19. The third-order valence-corrected chi connectivity index (χ3v) is 7.05. The number of carbonyl (C=O) groups excluding carboxylic acids is 3. The molecule has 0 radical (unpaired) electrons. The van der Waals surface area contributed by atoms with Crippen molar-refractivity contribution in [2.24, 2.45) is 5.92 Å². The highest BCUT2D eigenvalue weighted by atomic mass is 32.2. The number of rotatable bonds is 13. The van der Waals surface area contributed by atoms with E-state index in [2.05, 4.69) is 16.0 Å². The van der Waals surface area contributed by atoms with Gasteiger partial charge in [-0.3, -0.25) is 19.3 Å². The van der Waals surface area contributed by atoms with Gasteiger partial charge in [-0.2, -0.15) is 5.26 Å². The Labute approximate surface area is 208 Å². The van der Waals surface area contributed by atoms with Crippen LogP contribution in [0.3, 0.4) is 0 Å². The second-order valence-electron chi connectivity index (χ2n) is 7.85. The van der Waals surface area contributed by atoms with E-state index in [0.717, 1.165) is 24.9 Å². The minimum atomic E-state index is -2.73. The Kier molecular flexibility index (Phi) is 11.2. The van der Waals surface area contributed by atoms with E-state index < -0.39 is 35.4 Å². The molecule has 3 N–H and O–H groups in total. The number of nitrogens with one attached hydrogen (secondary N) is 3. The Morgan fingerprint density at radius 2 is 1.91 bits per heavy atom. The molecule has 1 heterocycles. The molecule has 3 amide bonds. The van der Waals surface area contributed by atoms with E-state index in [1.165, 1.54) is 4.90 Å². The third kappa shape index (κ3) is 8.07. The molecule has 3 atom stereocenters. The first-order chi connectivity index (χ1) is 16.7. The summed E-state index contributed by atoms with van der Waals surface area (Å²) < 4.78 is 24.9. The number of hydrogen-bond donors (Lipinski definition) is 3. The average molecular weight is 511 g/mol. The Balaban J connectivity index is 2.00. The smallest absolute Gasteiger partial charge is 0.255 e. The van der Waals surface area contributed by atoms with Crippen molar-refractivity contribution in [3.63, 3.8) is 0 Å². The molecule has 1 aromatic rings. The van der Waals surface area contributed by atoms with Crippen molar-refractivity contribution in [1.82, 2.24) is 15.1 Å². The number of thioether (sulfide) groups is 1. The molecule has 0 spiro atoms. The Hall–Kier alpha value is -2.91. The van der Waals surface area contributed by atoms with E-state index in [-0.39, 0.29) is 31.4 Å². The molecule has 2 rings (SSSR count). The summed E-state index contributed by atoms with van der Waals surface area (Å²) in [6, 6.07) is 8.96. The largest absolute Gasteiger partial charge is 0.383 e. The predicted molar refractivity (Wildman–Crippen MR) is 132 cm³/mol. The number of benzene rings is 1. The lowest BCUT2D eigenvalue weighted by Gasteiger charge is -2.25. The lowest BCUT2D eigenvalue weighted by molar-refractivity contribution is -0.131. The van der Waals surface area contributed by atoms with Gasteiger partial charge in [0.1, 0.15) is 10.6 Å². The van der Waals surface area contributed by atoms with Gasteiger partial charge in [0.05, 0.1) is 19.2 Å². The van der Waals surface area contributed by atoms with Crippen LogP contribution in [-0.2, 0) is 14.4 Å². The van der Waals surface area contributed by atoms with Crippen LogP contribution in [-0.4, -0.2) is 83.8 Å². The molecule has 0 saturated carbocycles. The van der Waals surface area contributed by atoms with Crippen LogP contribution in [0.25, 0.3) is 0 Å². The fourth-order valence-corrected chi connectivity index (χ4v) is 5.16. The maximum absolute atomic E-state index is 12.9. The maximum Gasteiger partial charge on any atom is 0.255 e. The Bertz CT molecular complexity index is 925. The number of alkyl halides is 2. The molecule has 1 aliphatic heterocycles. The zero-order valence-electron chi connectivity index (χ0n) is 20.1. The molecule has 1 aromatic carbocycles. The van der Waals surface area contributed by atoms with Crippen LogP contribution in [0.5, 0.6) is 0 Å². The van der Waals surface area contributed by atoms with Gasteiger partial charge in [-0.25, -0.2) is 8.78 Å². The van der Waals surface area contributed by atoms with E-state index in [4.69, 9.17) is 0 Å². The van der Waals surface area contributed by atoms with Crippen LogP contribution in [0.15, 0.2) is 24.3 Å². The van der Waals surface area contributed by atoms with Crippen molar-refractivity contribution < 1.29 is 23.2 Å². The average Bonchev–Trinajstić information content (AvgIpc) is 3.15. The highest BCUT2D eigenvalue weighted by molar-refractivity contribution is 8.01. The van der Waals surface area contributed by atoms with Gasteiger partial charge in [0.15, 0.2) is 5.92 Å². The summed E-state index contributed by atoms with van der Waals surface area (Å²) in [5.41, 5.74) is 1.31. The molecule has 0 bridgehead atoms. The van der Waals surface area contributed by atoms with Crippen LogP contribution in [0.2, 0.25) is 0 Å². The fourth-order valence-electron chi connectivity index (χ4n) is 3.65. The van der Waals surface area contributed by atoms with Crippen LogP contribution < -0.4 is 16.0 Å². The van der Waals surface area contributed by atoms with Gasteiger partial charge in [-0.15, -0.1) is 11.8 Å². The standard InChI is InChI=1S/C23H32F2N6O3S/c1-4-30(5-2)14-20(32)29-16-9-7-8-15(10-16)27-12-18-22(34)31(6-3)23(35-18)17(11-26)21(33)28-13-19(24)25/h7-10,17-19,23,27H,4-6,12-14H2,1-3H3,(H,28,33)(H,29,32). The number of nitrogens with zero attached hydrogens (tertiary/aromatic N) is 3. The van der Waals surface area contributed by atoms with Crippen LogP contribution in [0.1, 0.15) is 20.8 Å². The first kappa shape index (κ1) is 28.3. The molecule has 12 heteroatoms. The second kappa shape index (κ2) is 13.8. The molecule has 9 nitrogen and oxygen atoms in total. The van der Waals surface area contributed by atoms with Gasteiger partial charge in [0.2, 0.25) is 17.7 Å². The van der Waals surface area contributed by atoms with E-state index in [9.17, 15) is 28.4 Å². The molecular weight excluding hydrogens is 478 g/mol. The van der Waals surface area contributed by atoms with Gasteiger partial charge in [-0.1, -0.05) is 19.9 Å². The summed E-state index contributed by atoms with van der Waals surface area (Å²) in [6.45, 7) is 7.20. The molecule has 35 heavy (non-hydrogen) atoms. The summed E-state index contributed by atoms with van der Waals surface area (Å²) in [5.74, 6) is -2.45. The highest BCUT2D eigenvalue weighted by Crippen LogP contribution is 2.36. The Morgan fingerprint density at radius 3 is 2.51 bits per heavy atom. The van der Waals surface area contributed by atoms with Gasteiger partial charge < -0.3 is 20.9 Å². The molecule has 1 aliphatic rings. The molecular formula is C23H32F2N6O3S. The zero-order chi connectivity index (χ0) is 26.0. The number of amides is 3. The van der Waals surface area contributed by atoms with E-state index in [1.807, 2.05) is 24.8 Å². The normalized spacial score (nSPS) is 18.5. The molecule has 0 aliphatic carbocycles. The highest BCUT2D eigenvalue weighted by Gasteiger charge is 2.45. The molecule has 192 valence electrons. The van der Waals surface area contributed by atoms with E-state index in [1.54, 1.807) is 31.2 Å². The summed E-state index contributed by atoms with van der Waals surface area (Å²) in [6.07, 6.45) is -2.73. The van der Waals surface area contributed by atoms with Gasteiger partial charge >= 0.3 is 0 Å². The van der Waals surface area contributed by atoms with Crippen molar-refractivity contribution in [2.75, 3.05) is 49.9 Å². The summed E-state index contributed by atoms with van der Waals surface area (Å²) in [4.78, 5) is 40.9. The number of carbonyl (C=O) groups is 3. The van der Waals surface area contributed by atoms with Crippen LogP contribution >= 0.6 is 11.8 Å². The maximum atomic E-state index is 12.9. The minimum absolute atomic E-state index is 0.124. The quantitative estimate of drug-likeness (QED) is 0.372. The van der Waals surface area contributed by atoms with Crippen LogP contribution in [0, 0.1) is 17.2 Å². The second-order valence-corrected chi connectivity index (χ2v) is 9.18. The zero-order valence-corrected chi connectivity index (χ0v) is 20.9. The minimum Gasteiger partial charge on any atom is -0.383 e. The van der Waals surface area contributed by atoms with Gasteiger partial charge in [-0.05, 0) is 38.2 Å². The first-order valence-corrected chi connectivity index (χ1v) is 12.5. The van der Waals surface area contributed by atoms with Crippen LogP contribution in [0.4, 0.5) is 20.2 Å². The SMILES string of the molecule is CCN(CC)CC(=O)Nc1cccc(NCC2SC(C(C#N)C(=O)NCC(F)F)N(CC)C2=O)c1. The number of halogens is 2. The van der Waals surface area contributed by atoms with Crippen molar-refractivity contribution in [3.8, 4) is 6.07 Å². The lowest BCUT2D eigenvalue weighted by atomic mass is 10.1. The summed E-state index contributed by atoms with van der Waals surface area (Å²) in [7, 11) is 0. The fraction of sp³-hybridized carbons (Fsp3) is 0.565. The summed E-state index contributed by atoms with van der Waals surface area (Å²) >= 11 is 1.16. The topological polar surface area (TPSA) is 118 Å². The molecule has 1 fully saturated rings. The first-order valence-electron chi connectivity index (χ1n) is 11.5. The van der Waals surface area contributed by atoms with Gasteiger partial charge in [0, 0.05) is 24.5 Å². The van der Waals surface area contributed by atoms with Crippen molar-refractivity contribution >= 4 is 40.9 Å². The number of likely N-dealkylation sites (N-methyl/N-ethyl adjacent to an activating group) is 1. The van der Waals surface area contributed by atoms with Crippen molar-refractivity contribution in [3.05, 3.63) is 24.3 Å². The van der Waals surface area contributed by atoms with Crippen molar-refractivity contribution in [2.45, 2.75) is 37.8 Å². The Morgan fingerprint density at radius 1 is 1.23 bits per heavy atom. The third-order valence-electron chi connectivity index (χ3n) is 5.55. The van der Waals surface area contributed by atoms with Crippen molar-refractivity contribution in [1.29, 1.82) is 5.26 Å². The summed E-state index contributed by atoms with van der Waals surface area (Å²) in [5, 5.41) is 16.3. The monoisotopic (exact) mass is 510 g/mol. The molecule has 1 saturated heterocycles. The lowest BCUT2D eigenvalue weighted by Crippen LogP contribution is -2.44. The number of nitriles is 1. The number of anilines is 2. The van der Waals surface area contributed by atoms with E-state index >= 15 is 0 Å². The molecule has 3 unspecified atom stereocenters. The van der Waals surface area contributed by atoms with E-state index in [0.29, 0.717) is 11.4 Å². The molecule has 0 aromatic heterocycles. The van der Waals surface area contributed by atoms with Gasteiger partial charge in [0.25, 0.3) is 6.43 Å². The number of hydrogen-bond acceptors (Lipinski definition) is 7.